The molecule has 3 heterocycles. The number of hydrogen-bond acceptors (Lipinski definition) is 6. The number of hydrogen-bond donors (Lipinski definition) is 2. The van der Waals surface area contributed by atoms with E-state index in [0.717, 1.165) is 28.2 Å². The number of rotatable bonds is 5. The van der Waals surface area contributed by atoms with Crippen LogP contribution in [-0.4, -0.2) is 45.3 Å². The standard InChI is InChI=1S/C22H31N5O2S/c1-13(15-8-9-16(24-11-15)18-14(2)25-12-30-18)26-20(28)17-7-6-10-27(17)21(29)19(23)22(3,4)5/h8-9,11-13,17,19H,6-7,10,23H2,1-5H3,(H,26,28). The Hall–Kier alpha value is -2.32. The highest BCUT2D eigenvalue weighted by Crippen LogP contribution is 2.27. The first-order valence-electron chi connectivity index (χ1n) is 10.3. The molecule has 162 valence electrons. The highest BCUT2D eigenvalue weighted by molar-refractivity contribution is 7.13. The van der Waals surface area contributed by atoms with Gasteiger partial charge in [0.25, 0.3) is 0 Å². The number of nitrogens with zero attached hydrogens (tertiary/aromatic N) is 3. The average Bonchev–Trinajstić information content (AvgIpc) is 3.35. The molecule has 1 saturated heterocycles. The summed E-state index contributed by atoms with van der Waals surface area (Å²) in [5.74, 6) is -0.296. The van der Waals surface area contributed by atoms with Gasteiger partial charge in [0.15, 0.2) is 0 Å². The van der Waals surface area contributed by atoms with Crippen molar-refractivity contribution < 1.29 is 9.59 Å². The zero-order valence-corrected chi connectivity index (χ0v) is 19.1. The van der Waals surface area contributed by atoms with Crippen LogP contribution < -0.4 is 11.1 Å². The van der Waals surface area contributed by atoms with Gasteiger partial charge in [-0.2, -0.15) is 0 Å². The fourth-order valence-corrected chi connectivity index (χ4v) is 4.37. The van der Waals surface area contributed by atoms with E-state index in [9.17, 15) is 9.59 Å². The molecule has 30 heavy (non-hydrogen) atoms. The van der Waals surface area contributed by atoms with Crippen molar-refractivity contribution in [2.75, 3.05) is 6.54 Å². The van der Waals surface area contributed by atoms with Gasteiger partial charge in [-0.1, -0.05) is 26.8 Å². The largest absolute Gasteiger partial charge is 0.348 e. The van der Waals surface area contributed by atoms with Crippen molar-refractivity contribution in [2.24, 2.45) is 11.1 Å². The molecule has 3 atom stereocenters. The number of nitrogens with one attached hydrogen (secondary N) is 1. The van der Waals surface area contributed by atoms with Gasteiger partial charge >= 0.3 is 0 Å². The minimum atomic E-state index is -0.629. The van der Waals surface area contributed by atoms with Gasteiger partial charge in [0, 0.05) is 12.7 Å². The van der Waals surface area contributed by atoms with Crippen LogP contribution in [0.1, 0.15) is 57.8 Å². The Labute approximate surface area is 182 Å². The summed E-state index contributed by atoms with van der Waals surface area (Å²) in [5.41, 5.74) is 10.4. The van der Waals surface area contributed by atoms with Gasteiger partial charge in [0.2, 0.25) is 11.8 Å². The van der Waals surface area contributed by atoms with Crippen molar-refractivity contribution in [2.45, 2.75) is 65.6 Å². The van der Waals surface area contributed by atoms with Gasteiger partial charge in [0.1, 0.15) is 6.04 Å². The highest BCUT2D eigenvalue weighted by atomic mass is 32.1. The molecule has 2 aromatic heterocycles. The SMILES string of the molecule is Cc1ncsc1-c1ccc(C(C)NC(=O)C2CCCN2C(=O)C(N)C(C)(C)C)cn1. The van der Waals surface area contributed by atoms with E-state index >= 15 is 0 Å². The van der Waals surface area contributed by atoms with E-state index in [1.165, 1.54) is 0 Å². The van der Waals surface area contributed by atoms with Crippen LogP contribution in [-0.2, 0) is 9.59 Å². The maximum atomic E-state index is 12.9. The van der Waals surface area contributed by atoms with Gasteiger partial charge in [-0.15, -0.1) is 11.3 Å². The van der Waals surface area contributed by atoms with Crippen LogP contribution in [0, 0.1) is 12.3 Å². The molecule has 0 saturated carbocycles. The van der Waals surface area contributed by atoms with Crippen molar-refractivity contribution in [3.05, 3.63) is 35.1 Å². The molecule has 1 aliphatic heterocycles. The first-order chi connectivity index (χ1) is 14.1. The van der Waals surface area contributed by atoms with Gasteiger partial charge in [-0.3, -0.25) is 14.6 Å². The summed E-state index contributed by atoms with van der Waals surface area (Å²) < 4.78 is 0. The van der Waals surface area contributed by atoms with Crippen LogP contribution >= 0.6 is 11.3 Å². The summed E-state index contributed by atoms with van der Waals surface area (Å²) in [7, 11) is 0. The molecule has 3 rings (SSSR count). The van der Waals surface area contributed by atoms with Crippen LogP contribution in [0.3, 0.4) is 0 Å². The lowest BCUT2D eigenvalue weighted by atomic mass is 9.86. The molecule has 0 bridgehead atoms. The molecule has 0 radical (unpaired) electrons. The van der Waals surface area contributed by atoms with Crippen molar-refractivity contribution in [3.8, 4) is 10.6 Å². The molecule has 8 heteroatoms. The molecule has 0 spiro atoms. The van der Waals surface area contributed by atoms with Crippen LogP contribution in [0.2, 0.25) is 0 Å². The second kappa shape index (κ2) is 8.81. The molecule has 0 aromatic carbocycles. The Balaban J connectivity index is 1.66. The van der Waals surface area contributed by atoms with Gasteiger partial charge in [0.05, 0.1) is 33.9 Å². The number of aromatic nitrogens is 2. The normalized spacial score (nSPS) is 18.9. The average molecular weight is 430 g/mol. The second-order valence-electron chi connectivity index (χ2n) is 9.01. The molecular weight excluding hydrogens is 398 g/mol. The summed E-state index contributed by atoms with van der Waals surface area (Å²) >= 11 is 1.56. The third kappa shape index (κ3) is 4.70. The summed E-state index contributed by atoms with van der Waals surface area (Å²) in [6.45, 7) is 10.3. The molecule has 2 aromatic rings. The van der Waals surface area contributed by atoms with Gasteiger partial charge in [-0.25, -0.2) is 4.98 Å². The van der Waals surface area contributed by atoms with Crippen molar-refractivity contribution in [3.63, 3.8) is 0 Å². The van der Waals surface area contributed by atoms with E-state index in [0.29, 0.717) is 13.0 Å². The molecule has 7 nitrogen and oxygen atoms in total. The van der Waals surface area contributed by atoms with E-state index in [1.807, 2.05) is 52.3 Å². The Morgan fingerprint density at radius 1 is 1.30 bits per heavy atom. The number of nitrogens with two attached hydrogens (primary N) is 1. The summed E-state index contributed by atoms with van der Waals surface area (Å²) in [6.07, 6.45) is 3.25. The molecule has 1 aliphatic rings. The maximum absolute atomic E-state index is 12.9. The summed E-state index contributed by atoms with van der Waals surface area (Å²) in [5, 5.41) is 3.04. The zero-order chi connectivity index (χ0) is 22.1. The van der Waals surface area contributed by atoms with Crippen LogP contribution in [0.4, 0.5) is 0 Å². The van der Waals surface area contributed by atoms with E-state index < -0.39 is 12.1 Å². The van der Waals surface area contributed by atoms with Crippen LogP contribution in [0.25, 0.3) is 10.6 Å². The first-order valence-corrected chi connectivity index (χ1v) is 11.2. The fraction of sp³-hybridized carbons (Fsp3) is 0.545. The molecule has 0 aliphatic carbocycles. The molecular formula is C22H31N5O2S. The summed E-state index contributed by atoms with van der Waals surface area (Å²) in [6, 6.07) is 2.61. The van der Waals surface area contributed by atoms with E-state index in [2.05, 4.69) is 15.3 Å². The fourth-order valence-electron chi connectivity index (χ4n) is 3.59. The predicted molar refractivity (Wildman–Crippen MR) is 119 cm³/mol. The second-order valence-corrected chi connectivity index (χ2v) is 9.86. The van der Waals surface area contributed by atoms with E-state index in [4.69, 9.17) is 5.73 Å². The highest BCUT2D eigenvalue weighted by Gasteiger charge is 2.39. The maximum Gasteiger partial charge on any atom is 0.243 e. The summed E-state index contributed by atoms with van der Waals surface area (Å²) in [4.78, 5) is 37.3. The van der Waals surface area contributed by atoms with Crippen molar-refractivity contribution in [1.82, 2.24) is 20.2 Å². The first kappa shape index (κ1) is 22.4. The molecule has 1 fully saturated rings. The number of aryl methyl sites for hydroxylation is 1. The number of carbonyl (C=O) groups is 2. The Morgan fingerprint density at radius 2 is 2.03 bits per heavy atom. The molecule has 2 amide bonds. The number of amides is 2. The van der Waals surface area contributed by atoms with Crippen molar-refractivity contribution in [1.29, 1.82) is 0 Å². The van der Waals surface area contributed by atoms with Crippen molar-refractivity contribution >= 4 is 23.2 Å². The lowest BCUT2D eigenvalue weighted by Gasteiger charge is -2.33. The number of likely N-dealkylation sites (tertiary alicyclic amines) is 1. The Kier molecular flexibility index (Phi) is 6.57. The van der Waals surface area contributed by atoms with Gasteiger partial charge < -0.3 is 16.0 Å². The zero-order valence-electron chi connectivity index (χ0n) is 18.3. The van der Waals surface area contributed by atoms with Crippen LogP contribution in [0.15, 0.2) is 23.8 Å². The Bertz CT molecular complexity index is 903. The minimum Gasteiger partial charge on any atom is -0.348 e. The van der Waals surface area contributed by atoms with E-state index in [1.54, 1.807) is 22.4 Å². The lowest BCUT2D eigenvalue weighted by molar-refractivity contribution is -0.141. The monoisotopic (exact) mass is 429 g/mol. The third-order valence-corrected chi connectivity index (χ3v) is 6.61. The predicted octanol–water partition coefficient (Wildman–Crippen LogP) is 3.06. The van der Waals surface area contributed by atoms with Crippen LogP contribution in [0.5, 0.6) is 0 Å². The number of carbonyl (C=O) groups excluding carboxylic acids is 2. The Morgan fingerprint density at radius 3 is 2.60 bits per heavy atom. The number of pyridine rings is 1. The molecule has 3 unspecified atom stereocenters. The lowest BCUT2D eigenvalue weighted by Crippen LogP contribution is -2.55. The molecule has 3 N–H and O–H groups in total. The quantitative estimate of drug-likeness (QED) is 0.761. The third-order valence-electron chi connectivity index (χ3n) is 5.66. The smallest absolute Gasteiger partial charge is 0.243 e. The topological polar surface area (TPSA) is 101 Å². The van der Waals surface area contributed by atoms with Gasteiger partial charge in [-0.05, 0) is 43.7 Å². The van der Waals surface area contributed by atoms with E-state index in [-0.39, 0.29) is 23.3 Å². The minimum absolute atomic E-state index is 0.142. The number of thiazole rings is 1.